The van der Waals surface area contributed by atoms with Crippen molar-refractivity contribution in [2.75, 3.05) is 19.7 Å². The molecular formula is C25H32N2O4S. The maximum absolute atomic E-state index is 13.1. The molecule has 1 aliphatic heterocycles. The minimum Gasteiger partial charge on any atom is -0.494 e. The normalized spacial score (nSPS) is 18.2. The van der Waals surface area contributed by atoms with Gasteiger partial charge in [-0.25, -0.2) is 8.42 Å². The van der Waals surface area contributed by atoms with Gasteiger partial charge >= 0.3 is 0 Å². The first kappa shape index (κ1) is 22.8. The molecule has 1 atom stereocenters. The highest BCUT2D eigenvalue weighted by Gasteiger charge is 2.33. The summed E-state index contributed by atoms with van der Waals surface area (Å²) in [7, 11) is -3.52. The minimum atomic E-state index is -3.52. The summed E-state index contributed by atoms with van der Waals surface area (Å²) in [5.41, 5.74) is 3.43. The molecule has 4 rings (SSSR count). The zero-order valence-electron chi connectivity index (χ0n) is 18.8. The van der Waals surface area contributed by atoms with Crippen LogP contribution >= 0.6 is 0 Å². The van der Waals surface area contributed by atoms with E-state index in [1.807, 2.05) is 50.2 Å². The summed E-state index contributed by atoms with van der Waals surface area (Å²) in [5.74, 6) is 0.624. The van der Waals surface area contributed by atoms with Gasteiger partial charge in [-0.05, 0) is 86.9 Å². The Bertz CT molecular complexity index is 1060. The van der Waals surface area contributed by atoms with Crippen LogP contribution in [0.25, 0.3) is 0 Å². The Kier molecular flexibility index (Phi) is 6.86. The average molecular weight is 457 g/mol. The Hall–Kier alpha value is -2.38. The molecule has 1 unspecified atom stereocenters. The molecule has 0 spiro atoms. The van der Waals surface area contributed by atoms with Crippen molar-refractivity contribution in [3.8, 4) is 5.75 Å². The van der Waals surface area contributed by atoms with Gasteiger partial charge in [-0.2, -0.15) is 4.31 Å². The Morgan fingerprint density at radius 2 is 1.78 bits per heavy atom. The molecule has 0 radical (unpaired) electrons. The molecule has 32 heavy (non-hydrogen) atoms. The maximum Gasteiger partial charge on any atom is 0.243 e. The number of sulfonamides is 1. The lowest BCUT2D eigenvalue weighted by Gasteiger charge is -2.31. The van der Waals surface area contributed by atoms with Crippen molar-refractivity contribution in [3.63, 3.8) is 0 Å². The van der Waals surface area contributed by atoms with Gasteiger partial charge in [0.25, 0.3) is 0 Å². The van der Waals surface area contributed by atoms with E-state index >= 15 is 0 Å². The van der Waals surface area contributed by atoms with E-state index in [4.69, 9.17) is 4.74 Å². The Labute approximate surface area is 191 Å². The van der Waals surface area contributed by atoms with Crippen LogP contribution in [0, 0.1) is 5.92 Å². The number of nitrogens with zero attached hydrogens (tertiary/aromatic N) is 1. The second-order valence-electron chi connectivity index (χ2n) is 8.69. The van der Waals surface area contributed by atoms with Gasteiger partial charge in [0.2, 0.25) is 15.9 Å². The van der Waals surface area contributed by atoms with Crippen LogP contribution in [0.4, 0.5) is 0 Å². The van der Waals surface area contributed by atoms with Crippen LogP contribution in [0.15, 0.2) is 47.4 Å². The largest absolute Gasteiger partial charge is 0.494 e. The fourth-order valence-corrected chi connectivity index (χ4v) is 6.17. The van der Waals surface area contributed by atoms with Crippen molar-refractivity contribution < 1.29 is 17.9 Å². The van der Waals surface area contributed by atoms with E-state index in [0.29, 0.717) is 37.4 Å². The average Bonchev–Trinajstić information content (AvgIpc) is 3.28. The van der Waals surface area contributed by atoms with Crippen LogP contribution in [0.5, 0.6) is 5.75 Å². The molecular weight excluding hydrogens is 424 g/mol. The van der Waals surface area contributed by atoms with E-state index in [1.165, 1.54) is 9.87 Å². The molecule has 1 heterocycles. The molecule has 7 heteroatoms. The summed E-state index contributed by atoms with van der Waals surface area (Å²) in [4.78, 5) is 13.2. The summed E-state index contributed by atoms with van der Waals surface area (Å²) in [6.45, 7) is 5.26. The second kappa shape index (κ2) is 9.63. The predicted molar refractivity (Wildman–Crippen MR) is 124 cm³/mol. The molecule has 1 N–H and O–H groups in total. The highest BCUT2D eigenvalue weighted by atomic mass is 32.2. The number of nitrogens with one attached hydrogen (secondary N) is 1. The third kappa shape index (κ3) is 4.84. The van der Waals surface area contributed by atoms with Gasteiger partial charge in [0.05, 0.1) is 17.5 Å². The number of amides is 1. The third-order valence-electron chi connectivity index (χ3n) is 6.58. The first-order valence-corrected chi connectivity index (χ1v) is 13.0. The number of fused-ring (bicyclic) bond motifs is 1. The highest BCUT2D eigenvalue weighted by molar-refractivity contribution is 7.89. The number of carbonyl (C=O) groups is 1. The fourth-order valence-electron chi connectivity index (χ4n) is 4.65. The van der Waals surface area contributed by atoms with Gasteiger partial charge in [0.15, 0.2) is 0 Å². The van der Waals surface area contributed by atoms with Crippen LogP contribution < -0.4 is 10.1 Å². The Morgan fingerprint density at radius 1 is 1.09 bits per heavy atom. The number of aryl methyl sites for hydroxylation is 2. The monoisotopic (exact) mass is 456 g/mol. The van der Waals surface area contributed by atoms with Gasteiger partial charge in [-0.3, -0.25) is 4.79 Å². The van der Waals surface area contributed by atoms with Crippen molar-refractivity contribution >= 4 is 15.9 Å². The minimum absolute atomic E-state index is 0.0130. The highest BCUT2D eigenvalue weighted by Crippen LogP contribution is 2.29. The zero-order valence-corrected chi connectivity index (χ0v) is 19.7. The smallest absolute Gasteiger partial charge is 0.243 e. The van der Waals surface area contributed by atoms with Crippen LogP contribution in [0.2, 0.25) is 0 Å². The van der Waals surface area contributed by atoms with Gasteiger partial charge in [-0.15, -0.1) is 0 Å². The van der Waals surface area contributed by atoms with Crippen LogP contribution in [-0.4, -0.2) is 38.3 Å². The molecule has 1 amide bonds. The second-order valence-corrected chi connectivity index (χ2v) is 10.6. The van der Waals surface area contributed by atoms with Crippen molar-refractivity contribution in [3.05, 3.63) is 59.2 Å². The molecule has 0 aromatic heterocycles. The van der Waals surface area contributed by atoms with Crippen LogP contribution in [-0.2, 0) is 27.7 Å². The number of benzene rings is 2. The third-order valence-corrected chi connectivity index (χ3v) is 8.48. The topological polar surface area (TPSA) is 75.7 Å². The molecule has 1 saturated heterocycles. The molecule has 0 saturated carbocycles. The number of carbonyl (C=O) groups excluding carboxylic acids is 1. The number of hydrogen-bond acceptors (Lipinski definition) is 4. The maximum atomic E-state index is 13.1. The summed E-state index contributed by atoms with van der Waals surface area (Å²) in [6.07, 6.45) is 4.14. The Balaban J connectivity index is 1.33. The van der Waals surface area contributed by atoms with E-state index < -0.39 is 10.0 Å². The molecule has 1 aliphatic carbocycles. The molecule has 2 aromatic rings. The molecule has 2 aromatic carbocycles. The summed E-state index contributed by atoms with van der Waals surface area (Å²) in [6, 6.07) is 13.1. The molecule has 2 aliphatic rings. The fraction of sp³-hybridized carbons (Fsp3) is 0.480. The van der Waals surface area contributed by atoms with Crippen molar-refractivity contribution in [1.82, 2.24) is 9.62 Å². The molecule has 6 nitrogen and oxygen atoms in total. The van der Waals surface area contributed by atoms with Gasteiger partial charge in [0, 0.05) is 19.0 Å². The van der Waals surface area contributed by atoms with Gasteiger partial charge in [-0.1, -0.05) is 18.2 Å². The van der Waals surface area contributed by atoms with Gasteiger partial charge in [0.1, 0.15) is 5.75 Å². The SMILES string of the molecule is CCOc1ccc(C(C)NC(=O)C2CCN(S(=O)(=O)c3ccc4c(c3)CCC4)CC2)cc1. The van der Waals surface area contributed by atoms with Gasteiger partial charge < -0.3 is 10.1 Å². The van der Waals surface area contributed by atoms with E-state index in [-0.39, 0.29) is 17.9 Å². The number of ether oxygens (including phenoxy) is 1. The molecule has 1 fully saturated rings. The predicted octanol–water partition coefficient (Wildman–Crippen LogP) is 3.85. The lowest BCUT2D eigenvalue weighted by molar-refractivity contribution is -0.126. The zero-order chi connectivity index (χ0) is 22.7. The van der Waals surface area contributed by atoms with E-state index in [9.17, 15) is 13.2 Å². The van der Waals surface area contributed by atoms with E-state index in [0.717, 1.165) is 36.1 Å². The van der Waals surface area contributed by atoms with E-state index in [1.54, 1.807) is 6.07 Å². The molecule has 172 valence electrons. The lowest BCUT2D eigenvalue weighted by atomic mass is 9.96. The molecule has 0 bridgehead atoms. The Morgan fingerprint density at radius 3 is 2.47 bits per heavy atom. The first-order valence-electron chi connectivity index (χ1n) is 11.5. The number of piperidine rings is 1. The number of hydrogen-bond donors (Lipinski definition) is 1. The van der Waals surface area contributed by atoms with E-state index in [2.05, 4.69) is 5.32 Å². The summed E-state index contributed by atoms with van der Waals surface area (Å²) in [5, 5.41) is 3.08. The standard InChI is InChI=1S/C25H32N2O4S/c1-3-31-23-10-7-19(8-11-23)18(2)26-25(28)21-13-15-27(16-14-21)32(29,30)24-12-9-20-5-4-6-22(20)17-24/h7-12,17-18,21H,3-6,13-16H2,1-2H3,(H,26,28). The van der Waals surface area contributed by atoms with Crippen LogP contribution in [0.1, 0.15) is 55.8 Å². The quantitative estimate of drug-likeness (QED) is 0.687. The summed E-state index contributed by atoms with van der Waals surface area (Å²) < 4.78 is 33.2. The van der Waals surface area contributed by atoms with Crippen LogP contribution in [0.3, 0.4) is 0 Å². The van der Waals surface area contributed by atoms with Crippen molar-refractivity contribution in [1.29, 1.82) is 0 Å². The van der Waals surface area contributed by atoms with Crippen molar-refractivity contribution in [2.24, 2.45) is 5.92 Å². The first-order chi connectivity index (χ1) is 15.4. The number of rotatable bonds is 7. The van der Waals surface area contributed by atoms with Crippen molar-refractivity contribution in [2.45, 2.75) is 56.9 Å². The summed E-state index contributed by atoms with van der Waals surface area (Å²) >= 11 is 0. The lowest BCUT2D eigenvalue weighted by Crippen LogP contribution is -2.43.